The summed E-state index contributed by atoms with van der Waals surface area (Å²) in [5.74, 6) is -0.667. The molecule has 2 aromatic rings. The number of ether oxygens (including phenoxy) is 1. The van der Waals surface area contributed by atoms with Gasteiger partial charge in [0.15, 0.2) is 0 Å². The fraction of sp³-hybridized carbons (Fsp3) is 0.235. The number of amides is 1. The number of hydrogen-bond donors (Lipinski definition) is 0. The van der Waals surface area contributed by atoms with Crippen LogP contribution in [0.1, 0.15) is 32.0 Å². The van der Waals surface area contributed by atoms with Crippen LogP contribution in [-0.4, -0.2) is 35.9 Å². The summed E-state index contributed by atoms with van der Waals surface area (Å²) in [4.78, 5) is 29.3. The van der Waals surface area contributed by atoms with Crippen LogP contribution in [0, 0.1) is 6.92 Å². The lowest BCUT2D eigenvalue weighted by atomic mass is 10.1. The van der Waals surface area contributed by atoms with Crippen LogP contribution < -0.4 is 0 Å². The third kappa shape index (κ3) is 3.49. The molecule has 0 N–H and O–H groups in total. The van der Waals surface area contributed by atoms with E-state index >= 15 is 0 Å². The second-order valence-electron chi connectivity index (χ2n) is 5.01. The fourth-order valence-electron chi connectivity index (χ4n) is 2.07. The van der Waals surface area contributed by atoms with Crippen molar-refractivity contribution in [2.75, 3.05) is 14.2 Å². The van der Waals surface area contributed by atoms with E-state index in [4.69, 9.17) is 0 Å². The van der Waals surface area contributed by atoms with E-state index in [1.54, 1.807) is 11.9 Å². The maximum absolute atomic E-state index is 12.4. The van der Waals surface area contributed by atoms with Crippen LogP contribution >= 0.6 is 0 Å². The number of carbonyl (C=O) groups excluding carboxylic acids is 2. The number of esters is 1. The van der Waals surface area contributed by atoms with E-state index in [2.05, 4.69) is 9.72 Å². The first-order valence-electron chi connectivity index (χ1n) is 6.87. The molecule has 114 valence electrons. The van der Waals surface area contributed by atoms with Crippen molar-refractivity contribution in [3.63, 3.8) is 0 Å². The van der Waals surface area contributed by atoms with Crippen molar-refractivity contribution in [3.05, 3.63) is 65.0 Å². The van der Waals surface area contributed by atoms with Crippen molar-refractivity contribution < 1.29 is 14.3 Å². The van der Waals surface area contributed by atoms with Gasteiger partial charge in [-0.25, -0.2) is 4.79 Å². The molecule has 0 aliphatic rings. The van der Waals surface area contributed by atoms with Gasteiger partial charge in [0.25, 0.3) is 5.91 Å². The molecule has 0 atom stereocenters. The Morgan fingerprint density at radius 1 is 1.18 bits per heavy atom. The lowest BCUT2D eigenvalue weighted by molar-refractivity contribution is 0.0599. The van der Waals surface area contributed by atoms with Crippen LogP contribution in [-0.2, 0) is 11.3 Å². The van der Waals surface area contributed by atoms with Gasteiger partial charge in [-0.2, -0.15) is 0 Å². The van der Waals surface area contributed by atoms with E-state index in [1.807, 2.05) is 31.2 Å². The largest absolute Gasteiger partial charge is 0.465 e. The van der Waals surface area contributed by atoms with Gasteiger partial charge in [0.1, 0.15) is 5.69 Å². The maximum atomic E-state index is 12.4. The molecule has 5 nitrogen and oxygen atoms in total. The Labute approximate surface area is 129 Å². The fourth-order valence-corrected chi connectivity index (χ4v) is 2.07. The van der Waals surface area contributed by atoms with Gasteiger partial charge in [-0.15, -0.1) is 0 Å². The third-order valence-electron chi connectivity index (χ3n) is 3.42. The number of aryl methyl sites for hydroxylation is 1. The Kier molecular flexibility index (Phi) is 4.88. The summed E-state index contributed by atoms with van der Waals surface area (Å²) in [6.07, 6.45) is 1.35. The smallest absolute Gasteiger partial charge is 0.339 e. The third-order valence-corrected chi connectivity index (χ3v) is 3.42. The average Bonchev–Trinajstić information content (AvgIpc) is 2.55. The van der Waals surface area contributed by atoms with Crippen molar-refractivity contribution in [1.29, 1.82) is 0 Å². The summed E-state index contributed by atoms with van der Waals surface area (Å²) in [6, 6.07) is 11.0. The minimum Gasteiger partial charge on any atom is -0.465 e. The van der Waals surface area contributed by atoms with Gasteiger partial charge >= 0.3 is 5.97 Å². The first kappa shape index (κ1) is 15.7. The molecule has 0 saturated carbocycles. The molecule has 0 spiro atoms. The summed E-state index contributed by atoms with van der Waals surface area (Å²) >= 11 is 0. The number of benzene rings is 1. The number of hydrogen-bond acceptors (Lipinski definition) is 4. The van der Waals surface area contributed by atoms with E-state index in [1.165, 1.54) is 25.4 Å². The van der Waals surface area contributed by atoms with Crippen molar-refractivity contribution in [2.24, 2.45) is 0 Å². The lowest BCUT2D eigenvalue weighted by Gasteiger charge is -2.18. The maximum Gasteiger partial charge on any atom is 0.339 e. The predicted octanol–water partition coefficient (Wildman–Crippen LogP) is 2.45. The molecular weight excluding hydrogens is 280 g/mol. The van der Waals surface area contributed by atoms with E-state index in [0.29, 0.717) is 17.8 Å². The molecule has 2 rings (SSSR count). The van der Waals surface area contributed by atoms with Crippen LogP contribution in [0.5, 0.6) is 0 Å². The van der Waals surface area contributed by atoms with Crippen molar-refractivity contribution in [2.45, 2.75) is 13.5 Å². The standard InChI is InChI=1S/C17H18N2O3/c1-12-6-4-5-7-14(12)11-19(2)16(20)15-9-8-13(10-18-15)17(21)22-3/h4-10H,11H2,1-3H3. The molecule has 1 amide bonds. The number of nitrogens with zero attached hydrogens (tertiary/aromatic N) is 2. The Morgan fingerprint density at radius 3 is 2.50 bits per heavy atom. The highest BCUT2D eigenvalue weighted by Gasteiger charge is 2.15. The summed E-state index contributed by atoms with van der Waals surface area (Å²) in [5.41, 5.74) is 2.84. The first-order chi connectivity index (χ1) is 10.5. The van der Waals surface area contributed by atoms with E-state index in [-0.39, 0.29) is 5.91 Å². The highest BCUT2D eigenvalue weighted by Crippen LogP contribution is 2.11. The van der Waals surface area contributed by atoms with Crippen LogP contribution in [0.25, 0.3) is 0 Å². The van der Waals surface area contributed by atoms with Gasteiger partial charge in [0.05, 0.1) is 12.7 Å². The first-order valence-corrected chi connectivity index (χ1v) is 6.87. The van der Waals surface area contributed by atoms with Crippen molar-refractivity contribution >= 4 is 11.9 Å². The number of aromatic nitrogens is 1. The normalized spacial score (nSPS) is 10.1. The molecule has 0 aliphatic heterocycles. The Hall–Kier alpha value is -2.69. The number of carbonyl (C=O) groups is 2. The van der Waals surface area contributed by atoms with E-state index < -0.39 is 5.97 Å². The number of pyridine rings is 1. The van der Waals surface area contributed by atoms with Crippen LogP contribution in [0.4, 0.5) is 0 Å². The summed E-state index contributed by atoms with van der Waals surface area (Å²) in [7, 11) is 3.03. The topological polar surface area (TPSA) is 59.5 Å². The molecule has 0 saturated heterocycles. The molecule has 1 aromatic heterocycles. The second kappa shape index (κ2) is 6.85. The molecule has 0 radical (unpaired) electrons. The van der Waals surface area contributed by atoms with Crippen molar-refractivity contribution in [1.82, 2.24) is 9.88 Å². The lowest BCUT2D eigenvalue weighted by Crippen LogP contribution is -2.27. The van der Waals surface area contributed by atoms with Gasteiger partial charge in [-0.1, -0.05) is 24.3 Å². The second-order valence-corrected chi connectivity index (χ2v) is 5.01. The molecular formula is C17H18N2O3. The van der Waals surface area contributed by atoms with Crippen LogP contribution in [0.15, 0.2) is 42.6 Å². The molecule has 1 aromatic carbocycles. The molecule has 22 heavy (non-hydrogen) atoms. The highest BCUT2D eigenvalue weighted by molar-refractivity contribution is 5.94. The Morgan fingerprint density at radius 2 is 1.91 bits per heavy atom. The van der Waals surface area contributed by atoms with Gasteiger partial charge in [-0.3, -0.25) is 9.78 Å². The minimum atomic E-state index is -0.472. The minimum absolute atomic E-state index is 0.195. The Balaban J connectivity index is 2.10. The van der Waals surface area contributed by atoms with Gasteiger partial charge in [-0.05, 0) is 30.2 Å². The predicted molar refractivity (Wildman–Crippen MR) is 82.6 cm³/mol. The zero-order chi connectivity index (χ0) is 16.1. The number of methoxy groups -OCH3 is 1. The molecule has 0 aliphatic carbocycles. The quantitative estimate of drug-likeness (QED) is 0.814. The summed E-state index contributed by atoms with van der Waals surface area (Å²) in [6.45, 7) is 2.52. The van der Waals surface area contributed by atoms with Gasteiger partial charge in [0, 0.05) is 19.8 Å². The van der Waals surface area contributed by atoms with E-state index in [0.717, 1.165) is 11.1 Å². The summed E-state index contributed by atoms with van der Waals surface area (Å²) in [5, 5.41) is 0. The van der Waals surface area contributed by atoms with Gasteiger partial charge in [0.2, 0.25) is 0 Å². The van der Waals surface area contributed by atoms with Crippen LogP contribution in [0.3, 0.4) is 0 Å². The van der Waals surface area contributed by atoms with Gasteiger partial charge < -0.3 is 9.64 Å². The molecule has 0 fully saturated rings. The Bertz CT molecular complexity index is 681. The van der Waals surface area contributed by atoms with Crippen LogP contribution in [0.2, 0.25) is 0 Å². The molecule has 0 unspecified atom stereocenters. The zero-order valence-corrected chi connectivity index (χ0v) is 12.9. The molecule has 1 heterocycles. The highest BCUT2D eigenvalue weighted by atomic mass is 16.5. The van der Waals surface area contributed by atoms with E-state index in [9.17, 15) is 9.59 Å². The average molecular weight is 298 g/mol. The molecule has 0 bridgehead atoms. The zero-order valence-electron chi connectivity index (χ0n) is 12.9. The number of rotatable bonds is 4. The molecule has 5 heteroatoms. The monoisotopic (exact) mass is 298 g/mol. The van der Waals surface area contributed by atoms with Crippen molar-refractivity contribution in [3.8, 4) is 0 Å². The SMILES string of the molecule is COC(=O)c1ccc(C(=O)N(C)Cc2ccccc2C)nc1. The summed E-state index contributed by atoms with van der Waals surface area (Å²) < 4.78 is 4.60.